The summed E-state index contributed by atoms with van der Waals surface area (Å²) in [7, 11) is 1.67. The van der Waals surface area contributed by atoms with Crippen molar-refractivity contribution >= 4 is 10.8 Å². The maximum atomic E-state index is 5.78. The number of fused-ring (bicyclic) bond motifs is 1. The van der Waals surface area contributed by atoms with Crippen LogP contribution in [0.25, 0.3) is 10.8 Å². The van der Waals surface area contributed by atoms with Crippen LogP contribution in [0.15, 0.2) is 66.7 Å². The van der Waals surface area contributed by atoms with Gasteiger partial charge in [0.2, 0.25) is 0 Å². The molecule has 3 rings (SSSR count). The standard InChI is InChI=1S/C18H18N2O/c1-21-17-8-4-7-15(12-17)18(20-19)16-10-9-13-5-2-3-6-14(13)11-16/h2-12,18,20H,19H2,1H3. The van der Waals surface area contributed by atoms with Crippen LogP contribution >= 0.6 is 0 Å². The molecular formula is C18H18N2O. The van der Waals surface area contributed by atoms with Crippen LogP contribution in [0.3, 0.4) is 0 Å². The molecule has 3 N–H and O–H groups in total. The average molecular weight is 278 g/mol. The minimum Gasteiger partial charge on any atom is -0.497 e. The summed E-state index contributed by atoms with van der Waals surface area (Å²) in [6.07, 6.45) is 0. The first-order chi connectivity index (χ1) is 10.3. The second kappa shape index (κ2) is 5.95. The molecule has 21 heavy (non-hydrogen) atoms. The number of ether oxygens (including phenoxy) is 1. The highest BCUT2D eigenvalue weighted by atomic mass is 16.5. The van der Waals surface area contributed by atoms with Crippen LogP contribution in [0, 0.1) is 0 Å². The average Bonchev–Trinajstić information content (AvgIpc) is 2.56. The molecule has 0 aliphatic heterocycles. The predicted molar refractivity (Wildman–Crippen MR) is 86.1 cm³/mol. The molecule has 1 unspecified atom stereocenters. The van der Waals surface area contributed by atoms with Gasteiger partial charge in [0.25, 0.3) is 0 Å². The van der Waals surface area contributed by atoms with Crippen LogP contribution in [0.4, 0.5) is 0 Å². The van der Waals surface area contributed by atoms with Crippen molar-refractivity contribution in [1.29, 1.82) is 0 Å². The summed E-state index contributed by atoms with van der Waals surface area (Å²) in [6, 6.07) is 22.6. The zero-order valence-electron chi connectivity index (χ0n) is 11.9. The number of methoxy groups -OCH3 is 1. The van der Waals surface area contributed by atoms with E-state index >= 15 is 0 Å². The number of nitrogens with one attached hydrogen (secondary N) is 1. The van der Waals surface area contributed by atoms with Gasteiger partial charge in [-0.15, -0.1) is 0 Å². The molecule has 1 atom stereocenters. The number of rotatable bonds is 4. The van der Waals surface area contributed by atoms with Crippen molar-refractivity contribution in [1.82, 2.24) is 5.43 Å². The monoisotopic (exact) mass is 278 g/mol. The SMILES string of the molecule is COc1cccc(C(NN)c2ccc3ccccc3c2)c1. The lowest BCUT2D eigenvalue weighted by Gasteiger charge is -2.18. The molecule has 0 bridgehead atoms. The highest BCUT2D eigenvalue weighted by Gasteiger charge is 2.13. The number of hydrogen-bond donors (Lipinski definition) is 2. The first-order valence-corrected chi connectivity index (χ1v) is 6.90. The fourth-order valence-corrected chi connectivity index (χ4v) is 2.59. The van der Waals surface area contributed by atoms with Gasteiger partial charge in [-0.05, 0) is 40.1 Å². The molecule has 106 valence electrons. The van der Waals surface area contributed by atoms with Crippen LogP contribution in [0.5, 0.6) is 5.75 Å². The summed E-state index contributed by atoms with van der Waals surface area (Å²) in [6.45, 7) is 0. The molecule has 3 aromatic rings. The van der Waals surface area contributed by atoms with E-state index < -0.39 is 0 Å². The summed E-state index contributed by atoms with van der Waals surface area (Å²) in [5.74, 6) is 6.61. The van der Waals surface area contributed by atoms with Gasteiger partial charge in [0.1, 0.15) is 5.75 Å². The van der Waals surface area contributed by atoms with E-state index in [9.17, 15) is 0 Å². The summed E-state index contributed by atoms with van der Waals surface area (Å²) in [5, 5.41) is 2.43. The summed E-state index contributed by atoms with van der Waals surface area (Å²) in [5.41, 5.74) is 5.10. The normalized spacial score (nSPS) is 12.3. The first kappa shape index (κ1) is 13.6. The van der Waals surface area contributed by atoms with Gasteiger partial charge in [-0.25, -0.2) is 5.43 Å². The fourth-order valence-electron chi connectivity index (χ4n) is 2.59. The van der Waals surface area contributed by atoms with Crippen LogP contribution in [-0.2, 0) is 0 Å². The van der Waals surface area contributed by atoms with E-state index in [4.69, 9.17) is 10.6 Å². The summed E-state index contributed by atoms with van der Waals surface area (Å²) < 4.78 is 5.29. The van der Waals surface area contributed by atoms with Crippen LogP contribution < -0.4 is 16.0 Å². The highest BCUT2D eigenvalue weighted by Crippen LogP contribution is 2.27. The quantitative estimate of drug-likeness (QED) is 0.568. The Morgan fingerprint density at radius 1 is 0.857 bits per heavy atom. The molecule has 0 saturated heterocycles. The van der Waals surface area contributed by atoms with Crippen LogP contribution in [-0.4, -0.2) is 7.11 Å². The van der Waals surface area contributed by atoms with Crippen molar-refractivity contribution in [3.05, 3.63) is 77.9 Å². The van der Waals surface area contributed by atoms with E-state index in [-0.39, 0.29) is 6.04 Å². The Kier molecular flexibility index (Phi) is 3.86. The molecule has 3 aromatic carbocycles. The van der Waals surface area contributed by atoms with Crippen molar-refractivity contribution < 1.29 is 4.74 Å². The molecule has 0 aromatic heterocycles. The minimum absolute atomic E-state index is 0.0651. The Labute approximate surface area is 124 Å². The molecule has 3 heteroatoms. The molecule has 3 nitrogen and oxygen atoms in total. The lowest BCUT2D eigenvalue weighted by molar-refractivity contribution is 0.413. The largest absolute Gasteiger partial charge is 0.497 e. The van der Waals surface area contributed by atoms with Gasteiger partial charge in [-0.2, -0.15) is 0 Å². The van der Waals surface area contributed by atoms with Crippen molar-refractivity contribution in [2.75, 3.05) is 7.11 Å². The van der Waals surface area contributed by atoms with Gasteiger partial charge >= 0.3 is 0 Å². The van der Waals surface area contributed by atoms with Crippen molar-refractivity contribution in [2.24, 2.45) is 5.84 Å². The predicted octanol–water partition coefficient (Wildman–Crippen LogP) is 3.40. The number of hydrazine groups is 1. The Morgan fingerprint density at radius 3 is 2.38 bits per heavy atom. The topological polar surface area (TPSA) is 47.3 Å². The molecule has 0 aliphatic carbocycles. The van der Waals surface area contributed by atoms with Gasteiger partial charge in [0.05, 0.1) is 13.2 Å². The van der Waals surface area contributed by atoms with Gasteiger partial charge < -0.3 is 4.74 Å². The molecule has 0 radical (unpaired) electrons. The van der Waals surface area contributed by atoms with Gasteiger partial charge in [-0.1, -0.05) is 48.5 Å². The zero-order chi connectivity index (χ0) is 14.7. The highest BCUT2D eigenvalue weighted by molar-refractivity contribution is 5.83. The van der Waals surface area contributed by atoms with E-state index in [0.717, 1.165) is 16.9 Å². The Bertz CT molecular complexity index is 755. The third-order valence-electron chi connectivity index (χ3n) is 3.70. The summed E-state index contributed by atoms with van der Waals surface area (Å²) in [4.78, 5) is 0. The smallest absolute Gasteiger partial charge is 0.119 e. The summed E-state index contributed by atoms with van der Waals surface area (Å²) >= 11 is 0. The van der Waals surface area contributed by atoms with Crippen molar-refractivity contribution in [3.8, 4) is 5.75 Å². The third kappa shape index (κ3) is 2.75. The molecular weight excluding hydrogens is 260 g/mol. The van der Waals surface area contributed by atoms with Crippen molar-refractivity contribution in [3.63, 3.8) is 0 Å². The Hall–Kier alpha value is -2.36. The Balaban J connectivity index is 2.04. The molecule has 0 saturated carbocycles. The van der Waals surface area contributed by atoms with E-state index in [2.05, 4.69) is 35.8 Å². The van der Waals surface area contributed by atoms with Crippen LogP contribution in [0.1, 0.15) is 17.2 Å². The molecule has 0 fully saturated rings. The zero-order valence-corrected chi connectivity index (χ0v) is 11.9. The first-order valence-electron chi connectivity index (χ1n) is 6.90. The fraction of sp³-hybridized carbons (Fsp3) is 0.111. The molecule has 0 aliphatic rings. The van der Waals surface area contributed by atoms with Crippen molar-refractivity contribution in [2.45, 2.75) is 6.04 Å². The van der Waals surface area contributed by atoms with Gasteiger partial charge in [-0.3, -0.25) is 5.84 Å². The second-order valence-corrected chi connectivity index (χ2v) is 4.98. The van der Waals surface area contributed by atoms with Gasteiger partial charge in [0, 0.05) is 0 Å². The second-order valence-electron chi connectivity index (χ2n) is 4.98. The maximum Gasteiger partial charge on any atom is 0.119 e. The van der Waals surface area contributed by atoms with Crippen LogP contribution in [0.2, 0.25) is 0 Å². The molecule has 0 heterocycles. The number of nitrogens with two attached hydrogens (primary N) is 1. The number of benzene rings is 3. The maximum absolute atomic E-state index is 5.78. The lowest BCUT2D eigenvalue weighted by atomic mass is 9.96. The van der Waals surface area contributed by atoms with Gasteiger partial charge in [0.15, 0.2) is 0 Å². The minimum atomic E-state index is -0.0651. The third-order valence-corrected chi connectivity index (χ3v) is 3.70. The molecule has 0 spiro atoms. The van der Waals surface area contributed by atoms with E-state index in [0.29, 0.717) is 0 Å². The molecule has 0 amide bonds. The number of hydrogen-bond acceptors (Lipinski definition) is 3. The Morgan fingerprint density at radius 2 is 1.62 bits per heavy atom. The van der Waals surface area contributed by atoms with E-state index in [1.807, 2.05) is 36.4 Å². The lowest BCUT2D eigenvalue weighted by Crippen LogP contribution is -2.28. The van der Waals surface area contributed by atoms with E-state index in [1.54, 1.807) is 7.11 Å². The van der Waals surface area contributed by atoms with E-state index in [1.165, 1.54) is 10.8 Å².